The first-order valence-corrected chi connectivity index (χ1v) is 11.7. The molecule has 0 aliphatic carbocycles. The predicted octanol–water partition coefficient (Wildman–Crippen LogP) is 2.18. The number of hydrogen-bond acceptors (Lipinski definition) is 6. The van der Waals surface area contributed by atoms with Crippen molar-refractivity contribution in [2.45, 2.75) is 23.7 Å². The van der Waals surface area contributed by atoms with Crippen LogP contribution in [0.3, 0.4) is 0 Å². The molecule has 1 aromatic heterocycles. The van der Waals surface area contributed by atoms with Crippen molar-refractivity contribution in [1.29, 1.82) is 0 Å². The molecule has 2 aliphatic rings. The monoisotopic (exact) mass is 421 g/mol. The topological polar surface area (TPSA) is 79.8 Å². The van der Waals surface area contributed by atoms with Gasteiger partial charge in [-0.05, 0) is 31.0 Å². The molecular formula is C19H23N3O4S2. The van der Waals surface area contributed by atoms with Crippen molar-refractivity contribution < 1.29 is 17.9 Å². The van der Waals surface area contributed by atoms with Gasteiger partial charge in [0.25, 0.3) is 5.91 Å². The van der Waals surface area contributed by atoms with Crippen LogP contribution >= 0.6 is 11.3 Å². The summed E-state index contributed by atoms with van der Waals surface area (Å²) < 4.78 is 32.4. The molecule has 28 heavy (non-hydrogen) atoms. The summed E-state index contributed by atoms with van der Waals surface area (Å²) in [6.07, 6.45) is 3.73. The standard InChI is InChI=1S/C19H23N3O4S2/c23-19(21-7-2-4-16(14-21)18-20-6-12-27-18)15-3-1-5-17(13-15)28(24,25)22-8-10-26-11-9-22/h1,3,5-6,12-13,16H,2,4,7-11,14H2. The Hall–Kier alpha value is -1.81. The minimum absolute atomic E-state index is 0.125. The zero-order chi connectivity index (χ0) is 19.6. The smallest absolute Gasteiger partial charge is 0.253 e. The first kappa shape index (κ1) is 19.5. The van der Waals surface area contributed by atoms with E-state index in [0.717, 1.165) is 17.8 Å². The summed E-state index contributed by atoms with van der Waals surface area (Å²) in [6, 6.07) is 6.38. The van der Waals surface area contributed by atoms with Gasteiger partial charge < -0.3 is 9.64 Å². The maximum atomic E-state index is 13.1. The molecule has 1 aromatic carbocycles. The molecule has 150 valence electrons. The fourth-order valence-electron chi connectivity index (χ4n) is 3.71. The van der Waals surface area contributed by atoms with E-state index in [1.54, 1.807) is 35.7 Å². The van der Waals surface area contributed by atoms with Crippen LogP contribution < -0.4 is 0 Å². The summed E-state index contributed by atoms with van der Waals surface area (Å²) in [5.41, 5.74) is 0.411. The van der Waals surface area contributed by atoms with E-state index in [4.69, 9.17) is 4.74 Å². The molecule has 1 atom stereocenters. The highest BCUT2D eigenvalue weighted by Crippen LogP contribution is 2.29. The van der Waals surface area contributed by atoms with Gasteiger partial charge in [0.15, 0.2) is 0 Å². The maximum absolute atomic E-state index is 13.1. The number of aromatic nitrogens is 1. The van der Waals surface area contributed by atoms with E-state index in [9.17, 15) is 13.2 Å². The fraction of sp³-hybridized carbons (Fsp3) is 0.474. The van der Waals surface area contributed by atoms with E-state index in [0.29, 0.717) is 45.0 Å². The summed E-state index contributed by atoms with van der Waals surface area (Å²) in [4.78, 5) is 19.4. The van der Waals surface area contributed by atoms with Crippen molar-refractivity contribution in [3.05, 3.63) is 46.4 Å². The molecule has 2 aliphatic heterocycles. The second-order valence-electron chi connectivity index (χ2n) is 7.00. The number of sulfonamides is 1. The van der Waals surface area contributed by atoms with Gasteiger partial charge in [-0.1, -0.05) is 6.07 Å². The Balaban J connectivity index is 1.53. The quantitative estimate of drug-likeness (QED) is 0.756. The van der Waals surface area contributed by atoms with E-state index in [1.807, 2.05) is 10.3 Å². The molecular weight excluding hydrogens is 398 g/mol. The molecule has 3 heterocycles. The number of piperidine rings is 1. The number of morpholine rings is 1. The number of hydrogen-bond donors (Lipinski definition) is 0. The van der Waals surface area contributed by atoms with Crippen LogP contribution in [0.15, 0.2) is 40.7 Å². The van der Waals surface area contributed by atoms with E-state index in [-0.39, 0.29) is 16.7 Å². The van der Waals surface area contributed by atoms with E-state index < -0.39 is 10.0 Å². The Morgan fingerprint density at radius 1 is 1.21 bits per heavy atom. The molecule has 0 radical (unpaired) electrons. The third-order valence-electron chi connectivity index (χ3n) is 5.20. The summed E-state index contributed by atoms with van der Waals surface area (Å²) in [7, 11) is -3.62. The van der Waals surface area contributed by atoms with Crippen molar-refractivity contribution in [3.63, 3.8) is 0 Å². The normalized spacial score (nSPS) is 21.6. The van der Waals surface area contributed by atoms with Crippen molar-refractivity contribution in [1.82, 2.24) is 14.2 Å². The predicted molar refractivity (Wildman–Crippen MR) is 106 cm³/mol. The molecule has 0 bridgehead atoms. The number of carbonyl (C=O) groups is 1. The van der Waals surface area contributed by atoms with Gasteiger partial charge in [-0.15, -0.1) is 11.3 Å². The van der Waals surface area contributed by atoms with Gasteiger partial charge in [0.2, 0.25) is 10.0 Å². The molecule has 7 nitrogen and oxygen atoms in total. The summed E-state index contributed by atoms with van der Waals surface area (Å²) in [6.45, 7) is 2.76. The van der Waals surface area contributed by atoms with Crippen LogP contribution in [0.2, 0.25) is 0 Å². The minimum Gasteiger partial charge on any atom is -0.379 e. The molecule has 2 aromatic rings. The van der Waals surface area contributed by atoms with Crippen molar-refractivity contribution in [2.24, 2.45) is 0 Å². The number of ether oxygens (including phenoxy) is 1. The van der Waals surface area contributed by atoms with Crippen molar-refractivity contribution >= 4 is 27.3 Å². The second kappa shape index (κ2) is 8.28. The van der Waals surface area contributed by atoms with Gasteiger partial charge in [-0.2, -0.15) is 4.31 Å². The lowest BCUT2D eigenvalue weighted by Gasteiger charge is -2.32. The lowest BCUT2D eigenvalue weighted by molar-refractivity contribution is 0.0706. The first-order valence-electron chi connectivity index (χ1n) is 9.42. The number of benzene rings is 1. The van der Waals surface area contributed by atoms with Gasteiger partial charge >= 0.3 is 0 Å². The summed E-state index contributed by atoms with van der Waals surface area (Å²) in [5.74, 6) is 0.123. The van der Waals surface area contributed by atoms with E-state index in [2.05, 4.69) is 4.98 Å². The molecule has 4 rings (SSSR count). The number of carbonyl (C=O) groups excluding carboxylic acids is 1. The molecule has 1 unspecified atom stereocenters. The van der Waals surface area contributed by atoms with Crippen molar-refractivity contribution in [2.75, 3.05) is 39.4 Å². The molecule has 2 saturated heterocycles. The van der Waals surface area contributed by atoms with Gasteiger partial charge in [-0.3, -0.25) is 4.79 Å². The fourth-order valence-corrected chi connectivity index (χ4v) is 5.93. The van der Waals surface area contributed by atoms with E-state index >= 15 is 0 Å². The Morgan fingerprint density at radius 2 is 2.04 bits per heavy atom. The number of thiazole rings is 1. The number of nitrogens with zero attached hydrogens (tertiary/aromatic N) is 3. The van der Waals surface area contributed by atoms with Crippen LogP contribution in [-0.4, -0.2) is 67.9 Å². The Labute approximate surface area is 169 Å². The van der Waals surface area contributed by atoms with E-state index in [1.165, 1.54) is 10.4 Å². The van der Waals surface area contributed by atoms with Crippen LogP contribution in [0, 0.1) is 0 Å². The van der Waals surface area contributed by atoms with Crippen LogP contribution in [0.4, 0.5) is 0 Å². The highest BCUT2D eigenvalue weighted by Gasteiger charge is 2.29. The first-order chi connectivity index (χ1) is 13.6. The van der Waals surface area contributed by atoms with Gasteiger partial charge in [0.05, 0.1) is 23.1 Å². The highest BCUT2D eigenvalue weighted by molar-refractivity contribution is 7.89. The number of rotatable bonds is 4. The number of likely N-dealkylation sites (tertiary alicyclic amines) is 1. The average molecular weight is 422 g/mol. The minimum atomic E-state index is -3.62. The molecule has 0 saturated carbocycles. The largest absolute Gasteiger partial charge is 0.379 e. The molecule has 0 spiro atoms. The molecule has 0 N–H and O–H groups in total. The van der Waals surface area contributed by atoms with Gasteiger partial charge in [0, 0.05) is 49.2 Å². The lowest BCUT2D eigenvalue weighted by atomic mass is 9.98. The molecule has 9 heteroatoms. The molecule has 1 amide bonds. The van der Waals surface area contributed by atoms with Gasteiger partial charge in [-0.25, -0.2) is 13.4 Å². The Morgan fingerprint density at radius 3 is 2.79 bits per heavy atom. The summed E-state index contributed by atoms with van der Waals surface area (Å²) in [5, 5.41) is 3.01. The zero-order valence-corrected chi connectivity index (χ0v) is 17.1. The SMILES string of the molecule is O=C(c1cccc(S(=O)(=O)N2CCOCC2)c1)N1CCCC(c2nccs2)C1. The number of amides is 1. The van der Waals surface area contributed by atoms with Crippen LogP contribution in [-0.2, 0) is 14.8 Å². The maximum Gasteiger partial charge on any atom is 0.253 e. The second-order valence-corrected chi connectivity index (χ2v) is 9.87. The lowest BCUT2D eigenvalue weighted by Crippen LogP contribution is -2.41. The third-order valence-corrected chi connectivity index (χ3v) is 8.03. The van der Waals surface area contributed by atoms with Crippen molar-refractivity contribution in [3.8, 4) is 0 Å². The molecule has 2 fully saturated rings. The third kappa shape index (κ3) is 3.98. The van der Waals surface area contributed by atoms with Crippen LogP contribution in [0.1, 0.15) is 34.1 Å². The Bertz CT molecular complexity index is 924. The summed E-state index contributed by atoms with van der Waals surface area (Å²) >= 11 is 1.62. The van der Waals surface area contributed by atoms with Crippen LogP contribution in [0.25, 0.3) is 0 Å². The van der Waals surface area contributed by atoms with Crippen LogP contribution in [0.5, 0.6) is 0 Å². The average Bonchev–Trinajstić information content (AvgIpc) is 3.29. The van der Waals surface area contributed by atoms with Gasteiger partial charge in [0.1, 0.15) is 0 Å². The highest BCUT2D eigenvalue weighted by atomic mass is 32.2. The zero-order valence-electron chi connectivity index (χ0n) is 15.5. The Kier molecular flexibility index (Phi) is 5.77.